The number of alkyl halides is 3. The highest BCUT2D eigenvalue weighted by Crippen LogP contribution is 2.44. The zero-order valence-corrected chi connectivity index (χ0v) is 14.6. The Morgan fingerprint density at radius 1 is 1.18 bits per heavy atom. The van der Waals surface area contributed by atoms with Crippen LogP contribution < -0.4 is 15.0 Å². The first kappa shape index (κ1) is 19.2. The predicted molar refractivity (Wildman–Crippen MR) is 94.0 cm³/mol. The lowest BCUT2D eigenvalue weighted by Crippen LogP contribution is -2.08. The number of halogens is 3. The minimum Gasteiger partial charge on any atom is -0.493 e. The van der Waals surface area contributed by atoms with Crippen molar-refractivity contribution in [1.82, 2.24) is 4.98 Å². The second-order valence-corrected chi connectivity index (χ2v) is 5.88. The zero-order chi connectivity index (χ0) is 20.6. The molecule has 3 aromatic rings. The van der Waals surface area contributed by atoms with Crippen LogP contribution >= 0.6 is 0 Å². The number of pyridine rings is 1. The molecule has 146 valence electrons. The number of aromatic nitrogens is 1. The van der Waals surface area contributed by atoms with Crippen LogP contribution in [0.5, 0.6) is 17.2 Å². The normalized spacial score (nSPS) is 11.5. The number of aryl methyl sites for hydroxylation is 1. The standard InChI is InChI=1S/C18H13F3N2O5/c1-9-6-14(24)22-16-12(23(25)26)8-13(27-2)17(15(9)16)28-11-5-3-4-10(7-11)18(19,20)21/h3-8H,1-2H3,(H,22,24). The Morgan fingerprint density at radius 3 is 2.50 bits per heavy atom. The lowest BCUT2D eigenvalue weighted by Gasteiger charge is -2.16. The molecule has 0 saturated heterocycles. The smallest absolute Gasteiger partial charge is 0.416 e. The summed E-state index contributed by atoms with van der Waals surface area (Å²) >= 11 is 0. The number of nitrogens with one attached hydrogen (secondary N) is 1. The average molecular weight is 394 g/mol. The van der Waals surface area contributed by atoms with Crippen molar-refractivity contribution in [3.05, 3.63) is 68.0 Å². The summed E-state index contributed by atoms with van der Waals surface area (Å²) in [5.74, 6) is -0.253. The van der Waals surface area contributed by atoms with Crippen LogP contribution in [0.2, 0.25) is 0 Å². The SMILES string of the molecule is COc1cc([N+](=O)[O-])c2[nH]c(=O)cc(C)c2c1Oc1cccc(C(F)(F)F)c1. The van der Waals surface area contributed by atoms with Gasteiger partial charge in [0.15, 0.2) is 11.5 Å². The monoisotopic (exact) mass is 394 g/mol. The molecule has 7 nitrogen and oxygen atoms in total. The molecule has 28 heavy (non-hydrogen) atoms. The van der Waals surface area contributed by atoms with Crippen molar-refractivity contribution in [2.45, 2.75) is 13.1 Å². The van der Waals surface area contributed by atoms with Gasteiger partial charge < -0.3 is 14.5 Å². The molecule has 3 rings (SSSR count). The fourth-order valence-corrected chi connectivity index (χ4v) is 2.81. The van der Waals surface area contributed by atoms with E-state index >= 15 is 0 Å². The summed E-state index contributed by atoms with van der Waals surface area (Å²) in [6.07, 6.45) is -4.57. The summed E-state index contributed by atoms with van der Waals surface area (Å²) < 4.78 is 49.7. The summed E-state index contributed by atoms with van der Waals surface area (Å²) in [5.41, 5.74) is -1.69. The fraction of sp³-hybridized carbons (Fsp3) is 0.167. The molecule has 0 amide bonds. The van der Waals surface area contributed by atoms with Gasteiger partial charge >= 0.3 is 6.18 Å². The molecule has 1 aromatic heterocycles. The highest BCUT2D eigenvalue weighted by Gasteiger charge is 2.31. The molecule has 0 aliphatic heterocycles. The molecule has 1 heterocycles. The van der Waals surface area contributed by atoms with E-state index in [4.69, 9.17) is 9.47 Å². The third-order valence-electron chi connectivity index (χ3n) is 4.01. The first-order valence-corrected chi connectivity index (χ1v) is 7.86. The number of ether oxygens (including phenoxy) is 2. The number of rotatable bonds is 4. The van der Waals surface area contributed by atoms with Gasteiger partial charge in [0.2, 0.25) is 5.56 Å². The number of nitro groups is 1. The summed E-state index contributed by atoms with van der Waals surface area (Å²) in [4.78, 5) is 24.9. The first-order valence-electron chi connectivity index (χ1n) is 7.86. The van der Waals surface area contributed by atoms with E-state index in [2.05, 4.69) is 4.98 Å². The van der Waals surface area contributed by atoms with E-state index in [-0.39, 0.29) is 28.2 Å². The number of hydrogen-bond acceptors (Lipinski definition) is 5. The maximum absolute atomic E-state index is 13.0. The predicted octanol–water partition coefficient (Wildman–Crippen LogP) is 4.56. The van der Waals surface area contributed by atoms with Gasteiger partial charge in [-0.3, -0.25) is 14.9 Å². The Labute approximate surface area is 155 Å². The van der Waals surface area contributed by atoms with Gasteiger partial charge in [-0.05, 0) is 30.7 Å². The van der Waals surface area contributed by atoms with E-state index in [1.807, 2.05) is 0 Å². The van der Waals surface area contributed by atoms with Gasteiger partial charge in [-0.25, -0.2) is 0 Å². The maximum atomic E-state index is 13.0. The number of methoxy groups -OCH3 is 1. The Hall–Kier alpha value is -3.56. The summed E-state index contributed by atoms with van der Waals surface area (Å²) in [7, 11) is 1.24. The fourth-order valence-electron chi connectivity index (χ4n) is 2.81. The van der Waals surface area contributed by atoms with Gasteiger partial charge in [-0.1, -0.05) is 6.07 Å². The highest BCUT2D eigenvalue weighted by molar-refractivity contribution is 5.97. The second kappa shape index (κ2) is 6.87. The van der Waals surface area contributed by atoms with Gasteiger partial charge in [0.1, 0.15) is 11.3 Å². The van der Waals surface area contributed by atoms with Crippen LogP contribution in [0.15, 0.2) is 41.2 Å². The number of fused-ring (bicyclic) bond motifs is 1. The molecule has 0 aliphatic carbocycles. The third-order valence-corrected chi connectivity index (χ3v) is 4.01. The number of nitrogens with zero attached hydrogens (tertiary/aromatic N) is 1. The lowest BCUT2D eigenvalue weighted by molar-refractivity contribution is -0.383. The van der Waals surface area contributed by atoms with E-state index in [1.54, 1.807) is 0 Å². The Bertz CT molecular complexity index is 1140. The maximum Gasteiger partial charge on any atom is 0.416 e. The minimum absolute atomic E-state index is 0.0452. The molecule has 0 fully saturated rings. The quantitative estimate of drug-likeness (QED) is 0.517. The molecule has 2 aromatic carbocycles. The number of benzene rings is 2. The van der Waals surface area contributed by atoms with Gasteiger partial charge in [0, 0.05) is 6.07 Å². The Kier molecular flexibility index (Phi) is 4.72. The van der Waals surface area contributed by atoms with Crippen molar-refractivity contribution < 1.29 is 27.6 Å². The Balaban J connectivity index is 2.28. The van der Waals surface area contributed by atoms with Crippen LogP contribution in [0.4, 0.5) is 18.9 Å². The van der Waals surface area contributed by atoms with Crippen LogP contribution in [-0.2, 0) is 6.18 Å². The van der Waals surface area contributed by atoms with Crippen LogP contribution in [0.3, 0.4) is 0 Å². The summed E-state index contributed by atoms with van der Waals surface area (Å²) in [5, 5.41) is 11.5. The van der Waals surface area contributed by atoms with Crippen LogP contribution in [0, 0.1) is 17.0 Å². The number of aromatic amines is 1. The van der Waals surface area contributed by atoms with Gasteiger partial charge in [-0.15, -0.1) is 0 Å². The number of nitro benzene ring substituents is 1. The number of non-ortho nitro benzene ring substituents is 1. The van der Waals surface area contributed by atoms with Gasteiger partial charge in [-0.2, -0.15) is 13.2 Å². The second-order valence-electron chi connectivity index (χ2n) is 5.88. The topological polar surface area (TPSA) is 94.5 Å². The van der Waals surface area contributed by atoms with Crippen LogP contribution in [0.1, 0.15) is 11.1 Å². The average Bonchev–Trinajstić information content (AvgIpc) is 2.60. The van der Waals surface area contributed by atoms with Crippen molar-refractivity contribution in [2.75, 3.05) is 7.11 Å². The zero-order valence-electron chi connectivity index (χ0n) is 14.6. The van der Waals surface area contributed by atoms with Crippen LogP contribution in [-0.4, -0.2) is 17.0 Å². The molecule has 1 N–H and O–H groups in total. The van der Waals surface area contributed by atoms with E-state index in [1.165, 1.54) is 32.2 Å². The molecular formula is C18H13F3N2O5. The molecule has 0 radical (unpaired) electrons. The van der Waals surface area contributed by atoms with Crippen molar-refractivity contribution in [3.8, 4) is 17.2 Å². The van der Waals surface area contributed by atoms with Crippen molar-refractivity contribution in [3.63, 3.8) is 0 Å². The molecule has 0 aliphatic rings. The molecule has 0 atom stereocenters. The lowest BCUT2D eigenvalue weighted by atomic mass is 10.1. The van der Waals surface area contributed by atoms with E-state index in [9.17, 15) is 28.1 Å². The molecule has 10 heteroatoms. The largest absolute Gasteiger partial charge is 0.493 e. The summed E-state index contributed by atoms with van der Waals surface area (Å²) in [6.45, 7) is 1.53. The molecule has 0 spiro atoms. The molecule has 0 saturated carbocycles. The highest BCUT2D eigenvalue weighted by atomic mass is 19.4. The third kappa shape index (κ3) is 3.48. The number of H-pyrrole nitrogens is 1. The van der Waals surface area contributed by atoms with Crippen molar-refractivity contribution in [1.29, 1.82) is 0 Å². The van der Waals surface area contributed by atoms with E-state index in [0.29, 0.717) is 5.56 Å². The minimum atomic E-state index is -4.57. The molecule has 0 bridgehead atoms. The van der Waals surface area contributed by atoms with E-state index < -0.39 is 27.9 Å². The first-order chi connectivity index (χ1) is 13.1. The number of hydrogen-bond donors (Lipinski definition) is 1. The van der Waals surface area contributed by atoms with Crippen LogP contribution in [0.25, 0.3) is 10.9 Å². The van der Waals surface area contributed by atoms with Crippen molar-refractivity contribution in [2.24, 2.45) is 0 Å². The molecular weight excluding hydrogens is 381 g/mol. The Morgan fingerprint density at radius 2 is 1.89 bits per heavy atom. The van der Waals surface area contributed by atoms with E-state index in [0.717, 1.165) is 18.2 Å². The summed E-state index contributed by atoms with van der Waals surface area (Å²) in [6, 6.07) is 6.41. The molecule has 0 unspecified atom stereocenters. The van der Waals surface area contributed by atoms with Gasteiger partial charge in [0.25, 0.3) is 5.69 Å². The van der Waals surface area contributed by atoms with Crippen molar-refractivity contribution >= 4 is 16.6 Å². The van der Waals surface area contributed by atoms with Gasteiger partial charge in [0.05, 0.1) is 29.0 Å².